The van der Waals surface area contributed by atoms with Crippen molar-refractivity contribution >= 4 is 17.0 Å². The lowest BCUT2D eigenvalue weighted by atomic mass is 9.93. The summed E-state index contributed by atoms with van der Waals surface area (Å²) in [6.45, 7) is 12.8. The lowest BCUT2D eigenvalue weighted by molar-refractivity contribution is 0.0772. The maximum Gasteiger partial charge on any atom is 0.293 e. The van der Waals surface area contributed by atoms with Crippen molar-refractivity contribution in [3.05, 3.63) is 40.9 Å². The van der Waals surface area contributed by atoms with Gasteiger partial charge in [0, 0.05) is 62.4 Å². The van der Waals surface area contributed by atoms with E-state index in [9.17, 15) is 9.90 Å². The van der Waals surface area contributed by atoms with Crippen LogP contribution in [0.5, 0.6) is 5.88 Å². The molecule has 0 spiro atoms. The standard InChI is InChI=1S/C27H40N6O4/c1-7-11-37-12-10-33-21-13-20(19-8-9-22(36-6)29-14-19)15-30-23(21)32-24(25(33)34)31-17-26(2,3)16-28-18-27(4,5)35/h8-9,13-15,28,35H,7,10-12,16-18H2,1-6H3,(H,30,31,32). The number of nitrogens with zero attached hydrogens (tertiary/aromatic N) is 4. The number of rotatable bonds is 14. The maximum atomic E-state index is 13.5. The predicted molar refractivity (Wildman–Crippen MR) is 146 cm³/mol. The summed E-state index contributed by atoms with van der Waals surface area (Å²) in [4.78, 5) is 26.9. The molecule has 0 aliphatic heterocycles. The first kappa shape index (κ1) is 28.5. The molecule has 37 heavy (non-hydrogen) atoms. The van der Waals surface area contributed by atoms with Crippen molar-refractivity contribution in [1.82, 2.24) is 24.8 Å². The molecule has 10 nitrogen and oxygen atoms in total. The number of hydrogen-bond acceptors (Lipinski definition) is 9. The summed E-state index contributed by atoms with van der Waals surface area (Å²) in [6, 6.07) is 5.60. The van der Waals surface area contributed by atoms with E-state index >= 15 is 0 Å². The highest BCUT2D eigenvalue weighted by molar-refractivity contribution is 5.78. The number of methoxy groups -OCH3 is 1. The Hall–Kier alpha value is -3.08. The van der Waals surface area contributed by atoms with Gasteiger partial charge in [-0.2, -0.15) is 0 Å². The lowest BCUT2D eigenvalue weighted by Gasteiger charge is -2.28. The molecule has 0 radical (unpaired) electrons. The summed E-state index contributed by atoms with van der Waals surface area (Å²) in [6.07, 6.45) is 4.35. The van der Waals surface area contributed by atoms with Crippen LogP contribution in [-0.2, 0) is 11.3 Å². The smallest absolute Gasteiger partial charge is 0.293 e. The van der Waals surface area contributed by atoms with Gasteiger partial charge < -0.3 is 25.2 Å². The first-order chi connectivity index (χ1) is 17.5. The molecular weight excluding hydrogens is 472 g/mol. The van der Waals surface area contributed by atoms with Crippen molar-refractivity contribution in [3.63, 3.8) is 0 Å². The highest BCUT2D eigenvalue weighted by atomic mass is 16.5. The first-order valence-electron chi connectivity index (χ1n) is 12.7. The van der Waals surface area contributed by atoms with Crippen LogP contribution in [0.25, 0.3) is 22.3 Å². The number of nitrogens with one attached hydrogen (secondary N) is 2. The number of aromatic nitrogens is 4. The monoisotopic (exact) mass is 512 g/mol. The molecule has 3 heterocycles. The molecule has 10 heteroatoms. The Kier molecular flexibility index (Phi) is 9.58. The zero-order valence-electron chi connectivity index (χ0n) is 22.8. The summed E-state index contributed by atoms with van der Waals surface area (Å²) in [5, 5.41) is 16.5. The quantitative estimate of drug-likeness (QED) is 0.280. The summed E-state index contributed by atoms with van der Waals surface area (Å²) in [5.74, 6) is 0.781. The number of fused-ring (bicyclic) bond motifs is 1. The van der Waals surface area contributed by atoms with Gasteiger partial charge in [0.25, 0.3) is 5.56 Å². The molecule has 0 aliphatic carbocycles. The molecule has 0 bridgehead atoms. The van der Waals surface area contributed by atoms with Crippen molar-refractivity contribution in [1.29, 1.82) is 0 Å². The molecule has 3 aromatic heterocycles. The summed E-state index contributed by atoms with van der Waals surface area (Å²) in [7, 11) is 1.57. The van der Waals surface area contributed by atoms with Crippen LogP contribution in [0.3, 0.4) is 0 Å². The number of anilines is 1. The fourth-order valence-corrected chi connectivity index (χ4v) is 3.78. The predicted octanol–water partition coefficient (Wildman–Crippen LogP) is 3.09. The van der Waals surface area contributed by atoms with Crippen LogP contribution in [0.2, 0.25) is 0 Å². The van der Waals surface area contributed by atoms with Gasteiger partial charge in [-0.3, -0.25) is 9.36 Å². The van der Waals surface area contributed by atoms with Gasteiger partial charge in [0.2, 0.25) is 5.88 Å². The number of hydrogen-bond donors (Lipinski definition) is 3. The molecule has 0 amide bonds. The fourth-order valence-electron chi connectivity index (χ4n) is 3.78. The average molecular weight is 513 g/mol. The van der Waals surface area contributed by atoms with Gasteiger partial charge in [0.1, 0.15) is 0 Å². The van der Waals surface area contributed by atoms with E-state index < -0.39 is 5.60 Å². The molecule has 3 N–H and O–H groups in total. The summed E-state index contributed by atoms with van der Waals surface area (Å²) < 4.78 is 12.5. The fraction of sp³-hybridized carbons (Fsp3) is 0.556. The third-order valence-electron chi connectivity index (χ3n) is 5.79. The summed E-state index contributed by atoms with van der Waals surface area (Å²) in [5.41, 5.74) is 1.59. The van der Waals surface area contributed by atoms with Crippen LogP contribution in [-0.4, -0.2) is 70.2 Å². The van der Waals surface area contributed by atoms with Crippen molar-refractivity contribution in [2.24, 2.45) is 5.41 Å². The molecule has 0 saturated heterocycles. The second-order valence-electron chi connectivity index (χ2n) is 10.6. The van der Waals surface area contributed by atoms with Crippen LogP contribution in [0, 0.1) is 5.41 Å². The molecule has 0 atom stereocenters. The lowest BCUT2D eigenvalue weighted by Crippen LogP contribution is -2.42. The molecular formula is C27H40N6O4. The number of aliphatic hydroxyl groups is 1. The van der Waals surface area contributed by atoms with E-state index in [1.165, 1.54) is 0 Å². The maximum absolute atomic E-state index is 13.5. The van der Waals surface area contributed by atoms with Crippen LogP contribution < -0.4 is 20.9 Å². The van der Waals surface area contributed by atoms with Crippen LogP contribution >= 0.6 is 0 Å². The van der Waals surface area contributed by atoms with Gasteiger partial charge >= 0.3 is 0 Å². The molecule has 0 fully saturated rings. The van der Waals surface area contributed by atoms with Gasteiger partial charge in [0.05, 0.1) is 24.8 Å². The van der Waals surface area contributed by atoms with Gasteiger partial charge in [-0.05, 0) is 37.8 Å². The molecule has 202 valence electrons. The van der Waals surface area contributed by atoms with Crippen molar-refractivity contribution in [2.75, 3.05) is 45.3 Å². The number of ether oxygens (including phenoxy) is 2. The second kappa shape index (κ2) is 12.4. The van der Waals surface area contributed by atoms with E-state index in [0.29, 0.717) is 56.4 Å². The van der Waals surface area contributed by atoms with E-state index in [0.717, 1.165) is 17.5 Å². The van der Waals surface area contributed by atoms with Gasteiger partial charge in [0.15, 0.2) is 11.5 Å². The third kappa shape index (κ3) is 8.21. The zero-order chi connectivity index (χ0) is 27.1. The molecule has 3 rings (SSSR count). The highest BCUT2D eigenvalue weighted by Gasteiger charge is 2.21. The normalized spacial score (nSPS) is 12.2. The Balaban J connectivity index is 1.89. The minimum atomic E-state index is -0.788. The van der Waals surface area contributed by atoms with E-state index in [4.69, 9.17) is 9.47 Å². The Morgan fingerprint density at radius 2 is 1.78 bits per heavy atom. The van der Waals surface area contributed by atoms with Crippen molar-refractivity contribution < 1.29 is 14.6 Å². The van der Waals surface area contributed by atoms with Gasteiger partial charge in [-0.15, -0.1) is 0 Å². The third-order valence-corrected chi connectivity index (χ3v) is 5.79. The number of pyridine rings is 2. The van der Waals surface area contributed by atoms with E-state index in [1.54, 1.807) is 44.0 Å². The second-order valence-corrected chi connectivity index (χ2v) is 10.6. The molecule has 0 aliphatic rings. The van der Waals surface area contributed by atoms with E-state index in [2.05, 4.69) is 39.4 Å². The van der Waals surface area contributed by atoms with Crippen LogP contribution in [0.15, 0.2) is 35.4 Å². The summed E-state index contributed by atoms with van der Waals surface area (Å²) >= 11 is 0. The van der Waals surface area contributed by atoms with Gasteiger partial charge in [-0.1, -0.05) is 20.8 Å². The average Bonchev–Trinajstić information content (AvgIpc) is 2.85. The minimum absolute atomic E-state index is 0.192. The first-order valence-corrected chi connectivity index (χ1v) is 12.7. The Bertz CT molecular complexity index is 1220. The highest BCUT2D eigenvalue weighted by Crippen LogP contribution is 2.23. The minimum Gasteiger partial charge on any atom is -0.481 e. The zero-order valence-corrected chi connectivity index (χ0v) is 22.8. The molecule has 0 aromatic carbocycles. The van der Waals surface area contributed by atoms with Crippen molar-refractivity contribution in [3.8, 4) is 17.0 Å². The van der Waals surface area contributed by atoms with Crippen LogP contribution in [0.1, 0.15) is 41.0 Å². The topological polar surface area (TPSA) is 123 Å². The van der Waals surface area contributed by atoms with Crippen molar-refractivity contribution in [2.45, 2.75) is 53.2 Å². The Morgan fingerprint density at radius 3 is 2.43 bits per heavy atom. The Labute approximate surface area is 218 Å². The van der Waals surface area contributed by atoms with Gasteiger partial charge in [-0.25, -0.2) is 15.0 Å². The molecule has 0 saturated carbocycles. The van der Waals surface area contributed by atoms with E-state index in [1.807, 2.05) is 19.1 Å². The Morgan fingerprint density at radius 1 is 1.03 bits per heavy atom. The van der Waals surface area contributed by atoms with Crippen LogP contribution in [0.4, 0.5) is 5.82 Å². The molecule has 3 aromatic rings. The molecule has 0 unspecified atom stereocenters. The SMILES string of the molecule is CCCOCCn1c(=O)c(NCC(C)(C)CNCC(C)(C)O)nc2ncc(-c3ccc(OC)nc3)cc21. The largest absolute Gasteiger partial charge is 0.481 e. The van der Waals surface area contributed by atoms with E-state index in [-0.39, 0.29) is 16.8 Å².